The lowest BCUT2D eigenvalue weighted by Gasteiger charge is -2.09. The standard InChI is InChI=1S/C10H13ClO3/c1-7(12)8-3-4-10(9(11)5-8)14-6-13-2/h3-5,7,12H,6H2,1-2H3/t7-/m0/s1. The third-order valence-electron chi connectivity index (χ3n) is 1.77. The fourth-order valence-electron chi connectivity index (χ4n) is 1.02. The van der Waals surface area contributed by atoms with E-state index < -0.39 is 6.10 Å². The normalized spacial score (nSPS) is 12.6. The summed E-state index contributed by atoms with van der Waals surface area (Å²) in [6, 6.07) is 5.15. The molecular weight excluding hydrogens is 204 g/mol. The van der Waals surface area contributed by atoms with Gasteiger partial charge < -0.3 is 14.6 Å². The molecule has 0 aliphatic carbocycles. The molecule has 0 radical (unpaired) electrons. The molecule has 0 bridgehead atoms. The monoisotopic (exact) mass is 216 g/mol. The predicted molar refractivity (Wildman–Crippen MR) is 54.6 cm³/mol. The van der Waals surface area contributed by atoms with Crippen molar-refractivity contribution in [3.05, 3.63) is 28.8 Å². The van der Waals surface area contributed by atoms with E-state index in [1.54, 1.807) is 25.1 Å². The Morgan fingerprint density at radius 1 is 1.50 bits per heavy atom. The molecule has 0 aromatic heterocycles. The van der Waals surface area contributed by atoms with Crippen LogP contribution in [-0.4, -0.2) is 19.0 Å². The zero-order valence-corrected chi connectivity index (χ0v) is 8.91. The van der Waals surface area contributed by atoms with Crippen LogP contribution >= 0.6 is 11.6 Å². The van der Waals surface area contributed by atoms with Gasteiger partial charge in [0.1, 0.15) is 5.75 Å². The molecule has 3 nitrogen and oxygen atoms in total. The van der Waals surface area contributed by atoms with Crippen molar-refractivity contribution in [2.45, 2.75) is 13.0 Å². The summed E-state index contributed by atoms with van der Waals surface area (Å²) in [7, 11) is 1.54. The Bertz CT molecular complexity index is 299. The van der Waals surface area contributed by atoms with Gasteiger partial charge in [0.25, 0.3) is 0 Å². The molecule has 0 fully saturated rings. The van der Waals surface area contributed by atoms with Crippen LogP contribution in [0.3, 0.4) is 0 Å². The zero-order valence-electron chi connectivity index (χ0n) is 8.16. The van der Waals surface area contributed by atoms with E-state index in [9.17, 15) is 5.11 Å². The Morgan fingerprint density at radius 2 is 2.21 bits per heavy atom. The van der Waals surface area contributed by atoms with Gasteiger partial charge in [-0.3, -0.25) is 0 Å². The van der Waals surface area contributed by atoms with Gasteiger partial charge in [0.15, 0.2) is 6.79 Å². The molecule has 0 spiro atoms. The van der Waals surface area contributed by atoms with E-state index in [4.69, 9.17) is 21.1 Å². The molecule has 0 heterocycles. The first-order valence-electron chi connectivity index (χ1n) is 4.24. The fourth-order valence-corrected chi connectivity index (χ4v) is 1.26. The number of hydrogen-bond donors (Lipinski definition) is 1. The lowest BCUT2D eigenvalue weighted by molar-refractivity contribution is 0.0511. The second-order valence-electron chi connectivity index (χ2n) is 2.92. The minimum atomic E-state index is -0.524. The Balaban J connectivity index is 2.79. The number of aliphatic hydroxyl groups is 1. The van der Waals surface area contributed by atoms with Crippen molar-refractivity contribution in [3.63, 3.8) is 0 Å². The van der Waals surface area contributed by atoms with E-state index in [0.29, 0.717) is 10.8 Å². The molecule has 14 heavy (non-hydrogen) atoms. The zero-order chi connectivity index (χ0) is 10.6. The van der Waals surface area contributed by atoms with Gasteiger partial charge in [-0.1, -0.05) is 17.7 Å². The van der Waals surface area contributed by atoms with Crippen molar-refractivity contribution in [3.8, 4) is 5.75 Å². The first kappa shape index (κ1) is 11.3. The topological polar surface area (TPSA) is 38.7 Å². The summed E-state index contributed by atoms with van der Waals surface area (Å²) in [5.41, 5.74) is 0.764. The summed E-state index contributed by atoms with van der Waals surface area (Å²) in [6.07, 6.45) is -0.524. The van der Waals surface area contributed by atoms with Gasteiger partial charge in [-0.25, -0.2) is 0 Å². The Labute approximate surface area is 88.2 Å². The summed E-state index contributed by atoms with van der Waals surface area (Å²) < 4.78 is 9.93. The third-order valence-corrected chi connectivity index (χ3v) is 2.07. The molecule has 1 aromatic carbocycles. The van der Waals surface area contributed by atoms with E-state index in [0.717, 1.165) is 5.56 Å². The summed E-state index contributed by atoms with van der Waals surface area (Å²) in [6.45, 7) is 1.84. The van der Waals surface area contributed by atoms with Gasteiger partial charge in [0, 0.05) is 7.11 Å². The highest BCUT2D eigenvalue weighted by Crippen LogP contribution is 2.27. The van der Waals surface area contributed by atoms with Crippen LogP contribution in [0.2, 0.25) is 5.02 Å². The molecule has 78 valence electrons. The number of ether oxygens (including phenoxy) is 2. The van der Waals surface area contributed by atoms with Crippen LogP contribution in [0.25, 0.3) is 0 Å². The Kier molecular flexibility index (Phi) is 4.20. The average Bonchev–Trinajstić information content (AvgIpc) is 2.15. The Morgan fingerprint density at radius 3 is 2.71 bits per heavy atom. The van der Waals surface area contributed by atoms with Crippen LogP contribution in [0.5, 0.6) is 5.75 Å². The second-order valence-corrected chi connectivity index (χ2v) is 3.32. The van der Waals surface area contributed by atoms with Crippen molar-refractivity contribution in [2.75, 3.05) is 13.9 Å². The second kappa shape index (κ2) is 5.20. The van der Waals surface area contributed by atoms with Crippen LogP contribution in [-0.2, 0) is 4.74 Å². The maximum atomic E-state index is 9.29. The van der Waals surface area contributed by atoms with E-state index >= 15 is 0 Å². The molecule has 0 saturated heterocycles. The summed E-state index contributed by atoms with van der Waals surface area (Å²) in [5, 5.41) is 9.76. The average molecular weight is 217 g/mol. The van der Waals surface area contributed by atoms with Gasteiger partial charge in [-0.05, 0) is 24.6 Å². The molecule has 4 heteroatoms. The number of halogens is 1. The first-order valence-corrected chi connectivity index (χ1v) is 4.62. The fraction of sp³-hybridized carbons (Fsp3) is 0.400. The first-order chi connectivity index (χ1) is 6.65. The van der Waals surface area contributed by atoms with Crippen molar-refractivity contribution >= 4 is 11.6 Å². The van der Waals surface area contributed by atoms with Crippen LogP contribution < -0.4 is 4.74 Å². The molecule has 1 N–H and O–H groups in total. The smallest absolute Gasteiger partial charge is 0.188 e. The van der Waals surface area contributed by atoms with Crippen molar-refractivity contribution < 1.29 is 14.6 Å². The molecule has 1 aromatic rings. The molecule has 0 unspecified atom stereocenters. The van der Waals surface area contributed by atoms with Gasteiger partial charge in [0.2, 0.25) is 0 Å². The van der Waals surface area contributed by atoms with Crippen molar-refractivity contribution in [1.82, 2.24) is 0 Å². The van der Waals surface area contributed by atoms with E-state index in [1.165, 1.54) is 7.11 Å². The number of aliphatic hydroxyl groups excluding tert-OH is 1. The van der Waals surface area contributed by atoms with E-state index in [-0.39, 0.29) is 6.79 Å². The van der Waals surface area contributed by atoms with Gasteiger partial charge >= 0.3 is 0 Å². The van der Waals surface area contributed by atoms with Gasteiger partial charge in [-0.15, -0.1) is 0 Å². The summed E-state index contributed by atoms with van der Waals surface area (Å²) in [4.78, 5) is 0. The summed E-state index contributed by atoms with van der Waals surface area (Å²) >= 11 is 5.92. The van der Waals surface area contributed by atoms with E-state index in [1.807, 2.05) is 0 Å². The number of methoxy groups -OCH3 is 1. The largest absolute Gasteiger partial charge is 0.466 e. The third kappa shape index (κ3) is 2.87. The molecule has 1 rings (SSSR count). The molecule has 1 atom stereocenters. The minimum absolute atomic E-state index is 0.160. The maximum absolute atomic E-state index is 9.29. The highest BCUT2D eigenvalue weighted by Gasteiger charge is 2.05. The maximum Gasteiger partial charge on any atom is 0.188 e. The molecule has 0 amide bonds. The Hall–Kier alpha value is -0.770. The lowest BCUT2D eigenvalue weighted by Crippen LogP contribution is -2.00. The van der Waals surface area contributed by atoms with Crippen LogP contribution in [0.1, 0.15) is 18.6 Å². The quantitative estimate of drug-likeness (QED) is 0.786. The van der Waals surface area contributed by atoms with Crippen LogP contribution in [0.4, 0.5) is 0 Å². The molecule has 0 aliphatic rings. The minimum Gasteiger partial charge on any atom is -0.466 e. The lowest BCUT2D eigenvalue weighted by atomic mass is 10.1. The number of hydrogen-bond acceptors (Lipinski definition) is 3. The number of benzene rings is 1. The van der Waals surface area contributed by atoms with Gasteiger partial charge in [0.05, 0.1) is 11.1 Å². The molecule has 0 aliphatic heterocycles. The SMILES string of the molecule is COCOc1ccc([C@H](C)O)cc1Cl. The van der Waals surface area contributed by atoms with Crippen molar-refractivity contribution in [1.29, 1.82) is 0 Å². The van der Waals surface area contributed by atoms with Crippen molar-refractivity contribution in [2.24, 2.45) is 0 Å². The van der Waals surface area contributed by atoms with E-state index in [2.05, 4.69) is 0 Å². The van der Waals surface area contributed by atoms with Crippen LogP contribution in [0, 0.1) is 0 Å². The highest BCUT2D eigenvalue weighted by atomic mass is 35.5. The molecular formula is C10H13ClO3. The summed E-state index contributed by atoms with van der Waals surface area (Å²) in [5.74, 6) is 0.554. The van der Waals surface area contributed by atoms with Crippen LogP contribution in [0.15, 0.2) is 18.2 Å². The predicted octanol–water partition coefficient (Wildman–Crippen LogP) is 2.38. The number of rotatable bonds is 4. The molecule has 0 saturated carbocycles. The van der Waals surface area contributed by atoms with Gasteiger partial charge in [-0.2, -0.15) is 0 Å². The highest BCUT2D eigenvalue weighted by molar-refractivity contribution is 6.32.